The molecule has 0 atom stereocenters. The smallest absolute Gasteiger partial charge is 0.348 e. The second-order valence-electron chi connectivity index (χ2n) is 5.27. The first-order valence-electron chi connectivity index (χ1n) is 7.37. The second-order valence-corrected chi connectivity index (χ2v) is 5.27. The van der Waals surface area contributed by atoms with Crippen LogP contribution in [0.5, 0.6) is 0 Å². The predicted molar refractivity (Wildman–Crippen MR) is 84.3 cm³/mol. The topological polar surface area (TPSA) is 89.7 Å². The van der Waals surface area contributed by atoms with Crippen LogP contribution in [0.25, 0.3) is 11.3 Å². The molecule has 7 nitrogen and oxygen atoms in total. The molecular formula is C18H10N2O5. The summed E-state index contributed by atoms with van der Waals surface area (Å²) in [5.41, 5.74) is 1.56. The van der Waals surface area contributed by atoms with Crippen LogP contribution in [0, 0.1) is 0 Å². The number of carbonyl (C=O) groups excluding carboxylic acids is 3. The molecule has 0 fully saturated rings. The normalized spacial score (nSPS) is 13.0. The molecule has 0 saturated carbocycles. The standard InChI is InChI=1S/C18H10N2O5/c21-16-12-8-4-5-9-13(12)17(22)20(16)25-18(23)15-10-14(19-24-15)11-6-2-1-3-7-11/h1-10H. The largest absolute Gasteiger partial charge is 0.401 e. The summed E-state index contributed by atoms with van der Waals surface area (Å²) in [5.74, 6) is -2.59. The van der Waals surface area contributed by atoms with E-state index in [0.29, 0.717) is 10.8 Å². The van der Waals surface area contributed by atoms with E-state index in [1.807, 2.05) is 18.2 Å². The van der Waals surface area contributed by atoms with Crippen LogP contribution in [0.4, 0.5) is 0 Å². The van der Waals surface area contributed by atoms with Crippen LogP contribution in [-0.4, -0.2) is 28.0 Å². The molecule has 0 aliphatic carbocycles. The molecular weight excluding hydrogens is 324 g/mol. The number of imide groups is 1. The Morgan fingerprint density at radius 1 is 0.920 bits per heavy atom. The van der Waals surface area contributed by atoms with Gasteiger partial charge in [-0.3, -0.25) is 9.59 Å². The molecule has 0 bridgehead atoms. The third-order valence-electron chi connectivity index (χ3n) is 3.71. The minimum Gasteiger partial charge on any atom is -0.348 e. The molecule has 3 aromatic rings. The second kappa shape index (κ2) is 5.72. The Morgan fingerprint density at radius 3 is 2.16 bits per heavy atom. The van der Waals surface area contributed by atoms with Crippen molar-refractivity contribution in [1.82, 2.24) is 10.2 Å². The lowest BCUT2D eigenvalue weighted by Gasteiger charge is -2.10. The monoisotopic (exact) mass is 334 g/mol. The first kappa shape index (κ1) is 14.8. The van der Waals surface area contributed by atoms with Gasteiger partial charge in [0.15, 0.2) is 0 Å². The number of nitrogens with zero attached hydrogens (tertiary/aromatic N) is 2. The maximum absolute atomic E-state index is 12.2. The Bertz CT molecular complexity index is 958. The molecule has 2 heterocycles. The van der Waals surface area contributed by atoms with Crippen molar-refractivity contribution in [1.29, 1.82) is 0 Å². The lowest BCUT2D eigenvalue weighted by atomic mass is 10.1. The van der Waals surface area contributed by atoms with Gasteiger partial charge in [-0.25, -0.2) is 4.79 Å². The summed E-state index contributed by atoms with van der Waals surface area (Å²) >= 11 is 0. The molecule has 0 unspecified atom stereocenters. The highest BCUT2D eigenvalue weighted by atomic mass is 16.7. The summed E-state index contributed by atoms with van der Waals surface area (Å²) in [6.07, 6.45) is 0. The Balaban J connectivity index is 1.55. The Morgan fingerprint density at radius 2 is 1.52 bits per heavy atom. The van der Waals surface area contributed by atoms with E-state index >= 15 is 0 Å². The number of amides is 2. The molecule has 2 aromatic carbocycles. The highest BCUT2D eigenvalue weighted by molar-refractivity contribution is 6.21. The van der Waals surface area contributed by atoms with Crippen LogP contribution in [0.1, 0.15) is 31.3 Å². The van der Waals surface area contributed by atoms with Crippen LogP contribution >= 0.6 is 0 Å². The molecule has 122 valence electrons. The lowest BCUT2D eigenvalue weighted by molar-refractivity contribution is -0.0607. The molecule has 0 N–H and O–H groups in total. The zero-order chi connectivity index (χ0) is 17.4. The maximum Gasteiger partial charge on any atom is 0.401 e. The quantitative estimate of drug-likeness (QED) is 0.684. The van der Waals surface area contributed by atoms with E-state index in [2.05, 4.69) is 5.16 Å². The van der Waals surface area contributed by atoms with Crippen molar-refractivity contribution < 1.29 is 23.7 Å². The number of benzene rings is 2. The third kappa shape index (κ3) is 2.47. The molecule has 1 aliphatic rings. The summed E-state index contributed by atoms with van der Waals surface area (Å²) in [6.45, 7) is 0. The Hall–Kier alpha value is -3.74. The summed E-state index contributed by atoms with van der Waals surface area (Å²) in [5, 5.41) is 4.22. The number of carbonyl (C=O) groups is 3. The van der Waals surface area contributed by atoms with Crippen molar-refractivity contribution in [2.45, 2.75) is 0 Å². The molecule has 0 spiro atoms. The average Bonchev–Trinajstić information content (AvgIpc) is 3.23. The van der Waals surface area contributed by atoms with Gasteiger partial charge in [0.1, 0.15) is 5.69 Å². The molecule has 7 heteroatoms. The van der Waals surface area contributed by atoms with E-state index in [0.717, 1.165) is 5.56 Å². The van der Waals surface area contributed by atoms with Crippen LogP contribution in [0.15, 0.2) is 65.2 Å². The maximum atomic E-state index is 12.2. The minimum atomic E-state index is -0.982. The van der Waals surface area contributed by atoms with E-state index in [9.17, 15) is 14.4 Å². The van der Waals surface area contributed by atoms with E-state index in [1.165, 1.54) is 18.2 Å². The zero-order valence-corrected chi connectivity index (χ0v) is 12.7. The fraction of sp³-hybridized carbons (Fsp3) is 0. The van der Waals surface area contributed by atoms with Crippen LogP contribution in [0.3, 0.4) is 0 Å². The lowest BCUT2D eigenvalue weighted by Crippen LogP contribution is -2.32. The van der Waals surface area contributed by atoms with Crippen molar-refractivity contribution in [2.75, 3.05) is 0 Å². The molecule has 0 radical (unpaired) electrons. The summed E-state index contributed by atoms with van der Waals surface area (Å²) in [6, 6.07) is 16.7. The number of fused-ring (bicyclic) bond motifs is 1. The third-order valence-corrected chi connectivity index (χ3v) is 3.71. The van der Waals surface area contributed by atoms with Gasteiger partial charge in [-0.2, -0.15) is 0 Å². The number of hydrogen-bond acceptors (Lipinski definition) is 6. The highest BCUT2D eigenvalue weighted by Gasteiger charge is 2.39. The van der Waals surface area contributed by atoms with Gasteiger partial charge in [-0.05, 0) is 12.1 Å². The summed E-state index contributed by atoms with van der Waals surface area (Å²) in [7, 11) is 0. The molecule has 25 heavy (non-hydrogen) atoms. The van der Waals surface area contributed by atoms with Crippen LogP contribution < -0.4 is 0 Å². The molecule has 2 amide bonds. The van der Waals surface area contributed by atoms with Crippen molar-refractivity contribution in [3.63, 3.8) is 0 Å². The van der Waals surface area contributed by atoms with Crippen LogP contribution in [0.2, 0.25) is 0 Å². The van der Waals surface area contributed by atoms with E-state index in [-0.39, 0.29) is 16.9 Å². The van der Waals surface area contributed by atoms with Gasteiger partial charge >= 0.3 is 5.97 Å². The molecule has 0 saturated heterocycles. The van der Waals surface area contributed by atoms with E-state index in [1.54, 1.807) is 24.3 Å². The van der Waals surface area contributed by atoms with Gasteiger partial charge in [0.2, 0.25) is 5.76 Å². The fourth-order valence-corrected chi connectivity index (χ4v) is 2.49. The van der Waals surface area contributed by atoms with Crippen LogP contribution in [-0.2, 0) is 4.84 Å². The predicted octanol–water partition coefficient (Wildman–Crippen LogP) is 2.71. The summed E-state index contributed by atoms with van der Waals surface area (Å²) in [4.78, 5) is 41.5. The zero-order valence-electron chi connectivity index (χ0n) is 12.7. The van der Waals surface area contributed by atoms with Gasteiger partial charge in [-0.1, -0.05) is 52.7 Å². The first-order chi connectivity index (χ1) is 12.1. The Labute approximate surface area is 141 Å². The number of rotatable bonds is 3. The van der Waals surface area contributed by atoms with Gasteiger partial charge in [0.05, 0.1) is 11.1 Å². The van der Waals surface area contributed by atoms with Crippen molar-refractivity contribution in [3.8, 4) is 11.3 Å². The SMILES string of the molecule is O=C(ON1C(=O)c2ccccc2C1=O)c1cc(-c2ccccc2)no1. The van der Waals surface area contributed by atoms with Gasteiger partial charge in [0.25, 0.3) is 11.8 Å². The Kier molecular flexibility index (Phi) is 3.39. The highest BCUT2D eigenvalue weighted by Crippen LogP contribution is 2.24. The van der Waals surface area contributed by atoms with E-state index in [4.69, 9.17) is 9.36 Å². The number of aromatic nitrogens is 1. The van der Waals surface area contributed by atoms with Crippen molar-refractivity contribution in [2.24, 2.45) is 0 Å². The average molecular weight is 334 g/mol. The summed E-state index contributed by atoms with van der Waals surface area (Å²) < 4.78 is 4.96. The van der Waals surface area contributed by atoms with Gasteiger partial charge < -0.3 is 9.36 Å². The molecule has 1 aliphatic heterocycles. The minimum absolute atomic E-state index is 0.183. The van der Waals surface area contributed by atoms with Crippen molar-refractivity contribution >= 4 is 17.8 Å². The number of hydrogen-bond donors (Lipinski definition) is 0. The van der Waals surface area contributed by atoms with E-state index < -0.39 is 17.8 Å². The van der Waals surface area contributed by atoms with Crippen molar-refractivity contribution in [3.05, 3.63) is 77.6 Å². The van der Waals surface area contributed by atoms with Gasteiger partial charge in [-0.15, -0.1) is 0 Å². The fourth-order valence-electron chi connectivity index (χ4n) is 2.49. The molecule has 1 aromatic heterocycles. The number of hydroxylamine groups is 2. The first-order valence-corrected chi connectivity index (χ1v) is 7.37. The molecule has 4 rings (SSSR count). The van der Waals surface area contributed by atoms with Gasteiger partial charge in [0, 0.05) is 11.6 Å².